The van der Waals surface area contributed by atoms with Gasteiger partial charge in [-0.15, -0.1) is 0 Å². The minimum absolute atomic E-state index is 0.0515. The number of ether oxygens (including phenoxy) is 2. The molecule has 1 rings (SSSR count). The van der Waals surface area contributed by atoms with Crippen LogP contribution in [0.15, 0.2) is 0 Å². The minimum atomic E-state index is -1.03. The van der Waals surface area contributed by atoms with Gasteiger partial charge in [-0.25, -0.2) is 4.79 Å². The largest absolute Gasteiger partial charge is 0.480 e. The number of carbonyl (C=O) groups is 2. The van der Waals surface area contributed by atoms with Crippen molar-refractivity contribution >= 4 is 11.9 Å². The molecule has 0 radical (unpaired) electrons. The molecule has 6 heteroatoms. The first-order chi connectivity index (χ1) is 8.91. The summed E-state index contributed by atoms with van der Waals surface area (Å²) in [6.45, 7) is 6.22. The fraction of sp³-hybridized carbons (Fsp3) is 0.846. The molecule has 0 saturated carbocycles. The molecule has 1 heterocycles. The molecule has 2 unspecified atom stereocenters. The molecule has 1 aliphatic heterocycles. The van der Waals surface area contributed by atoms with Gasteiger partial charge in [-0.1, -0.05) is 13.8 Å². The van der Waals surface area contributed by atoms with Crippen LogP contribution in [0.2, 0.25) is 0 Å². The summed E-state index contributed by atoms with van der Waals surface area (Å²) in [5.41, 5.74) is 0. The number of hydrogen-bond donors (Lipinski definition) is 2. The van der Waals surface area contributed by atoms with Gasteiger partial charge in [-0.2, -0.15) is 0 Å². The standard InChI is InChI=1S/C13H23NO5/c1-8(2)11(13(16)17)14-12(15)9(3)19-7-10-5-4-6-18-10/h8-11H,4-7H2,1-3H3,(H,14,15)(H,16,17)/t9?,10?,11-/m0/s1. The predicted octanol–water partition coefficient (Wildman–Crippen LogP) is 0.796. The SMILES string of the molecule is CC(OCC1CCCO1)C(=O)N[C@H](C(=O)O)C(C)C. The highest BCUT2D eigenvalue weighted by Gasteiger charge is 2.26. The smallest absolute Gasteiger partial charge is 0.326 e. The van der Waals surface area contributed by atoms with E-state index in [0.717, 1.165) is 19.4 Å². The van der Waals surface area contributed by atoms with E-state index in [-0.39, 0.29) is 12.0 Å². The van der Waals surface area contributed by atoms with Crippen molar-refractivity contribution in [1.82, 2.24) is 5.32 Å². The van der Waals surface area contributed by atoms with Crippen LogP contribution in [-0.4, -0.2) is 48.4 Å². The van der Waals surface area contributed by atoms with Crippen LogP contribution in [0.3, 0.4) is 0 Å². The van der Waals surface area contributed by atoms with Crippen molar-refractivity contribution in [2.45, 2.75) is 51.9 Å². The molecular formula is C13H23NO5. The predicted molar refractivity (Wildman–Crippen MR) is 68.8 cm³/mol. The lowest BCUT2D eigenvalue weighted by molar-refractivity contribution is -0.146. The zero-order valence-electron chi connectivity index (χ0n) is 11.7. The lowest BCUT2D eigenvalue weighted by Crippen LogP contribution is -2.48. The molecule has 1 aliphatic rings. The van der Waals surface area contributed by atoms with Gasteiger partial charge < -0.3 is 19.9 Å². The molecule has 0 aliphatic carbocycles. The number of aliphatic carboxylic acids is 1. The Balaban J connectivity index is 2.36. The fourth-order valence-corrected chi connectivity index (χ4v) is 1.89. The van der Waals surface area contributed by atoms with Crippen molar-refractivity contribution in [2.75, 3.05) is 13.2 Å². The summed E-state index contributed by atoms with van der Waals surface area (Å²) in [5, 5.41) is 11.5. The van der Waals surface area contributed by atoms with Crippen molar-refractivity contribution in [1.29, 1.82) is 0 Å². The Labute approximate surface area is 113 Å². The van der Waals surface area contributed by atoms with Crippen LogP contribution in [0.1, 0.15) is 33.6 Å². The number of amides is 1. The molecule has 1 saturated heterocycles. The van der Waals surface area contributed by atoms with Crippen molar-refractivity contribution in [3.8, 4) is 0 Å². The second kappa shape index (κ2) is 7.45. The van der Waals surface area contributed by atoms with Crippen LogP contribution in [0.25, 0.3) is 0 Å². The number of nitrogens with one attached hydrogen (secondary N) is 1. The third kappa shape index (κ3) is 5.16. The Kier molecular flexibility index (Phi) is 6.24. The third-order valence-corrected chi connectivity index (χ3v) is 3.16. The van der Waals surface area contributed by atoms with E-state index in [2.05, 4.69) is 5.32 Å². The molecule has 1 fully saturated rings. The normalized spacial score (nSPS) is 22.2. The molecule has 0 aromatic heterocycles. The van der Waals surface area contributed by atoms with Gasteiger partial charge in [0.2, 0.25) is 5.91 Å². The van der Waals surface area contributed by atoms with E-state index in [4.69, 9.17) is 14.6 Å². The average molecular weight is 273 g/mol. The van der Waals surface area contributed by atoms with Gasteiger partial charge in [-0.05, 0) is 25.7 Å². The fourth-order valence-electron chi connectivity index (χ4n) is 1.89. The monoisotopic (exact) mass is 273 g/mol. The molecule has 1 amide bonds. The van der Waals surface area contributed by atoms with E-state index in [1.165, 1.54) is 0 Å². The molecule has 0 spiro atoms. The van der Waals surface area contributed by atoms with E-state index in [9.17, 15) is 9.59 Å². The van der Waals surface area contributed by atoms with Gasteiger partial charge in [0.05, 0.1) is 12.7 Å². The number of hydrogen-bond acceptors (Lipinski definition) is 4. The number of carboxylic acid groups (broad SMARTS) is 1. The molecule has 0 aromatic carbocycles. The summed E-state index contributed by atoms with van der Waals surface area (Å²) in [4.78, 5) is 22.8. The van der Waals surface area contributed by atoms with Gasteiger partial charge in [0, 0.05) is 6.61 Å². The summed E-state index contributed by atoms with van der Waals surface area (Å²) in [6.07, 6.45) is 1.33. The number of carbonyl (C=O) groups excluding carboxylic acids is 1. The molecule has 0 bridgehead atoms. The summed E-state index contributed by atoms with van der Waals surface area (Å²) >= 11 is 0. The Hall–Kier alpha value is -1.14. The van der Waals surface area contributed by atoms with Crippen molar-refractivity contribution < 1.29 is 24.2 Å². The quantitative estimate of drug-likeness (QED) is 0.716. The van der Waals surface area contributed by atoms with E-state index >= 15 is 0 Å². The van der Waals surface area contributed by atoms with Crippen molar-refractivity contribution in [3.05, 3.63) is 0 Å². The first kappa shape index (κ1) is 15.9. The highest BCUT2D eigenvalue weighted by atomic mass is 16.5. The van der Waals surface area contributed by atoms with E-state index < -0.39 is 24.0 Å². The van der Waals surface area contributed by atoms with Crippen molar-refractivity contribution in [3.63, 3.8) is 0 Å². The van der Waals surface area contributed by atoms with Crippen molar-refractivity contribution in [2.24, 2.45) is 5.92 Å². The summed E-state index contributed by atoms with van der Waals surface area (Å²) in [6, 6.07) is -0.888. The zero-order chi connectivity index (χ0) is 14.4. The third-order valence-electron chi connectivity index (χ3n) is 3.16. The lowest BCUT2D eigenvalue weighted by Gasteiger charge is -2.21. The topological polar surface area (TPSA) is 84.9 Å². The van der Waals surface area contributed by atoms with Gasteiger partial charge in [0.25, 0.3) is 0 Å². The number of rotatable bonds is 7. The Morgan fingerprint density at radius 3 is 2.58 bits per heavy atom. The summed E-state index contributed by atoms with van der Waals surface area (Å²) in [7, 11) is 0. The maximum absolute atomic E-state index is 11.8. The van der Waals surface area contributed by atoms with Crippen LogP contribution in [0, 0.1) is 5.92 Å². The van der Waals surface area contributed by atoms with Gasteiger partial charge in [0.15, 0.2) is 0 Å². The highest BCUT2D eigenvalue weighted by molar-refractivity contribution is 5.86. The Morgan fingerprint density at radius 1 is 1.42 bits per heavy atom. The van der Waals surface area contributed by atoms with E-state index in [0.29, 0.717) is 6.61 Å². The first-order valence-electron chi connectivity index (χ1n) is 6.68. The van der Waals surface area contributed by atoms with Crippen LogP contribution in [0.4, 0.5) is 0 Å². The second-order valence-electron chi connectivity index (χ2n) is 5.18. The van der Waals surface area contributed by atoms with Crippen LogP contribution >= 0.6 is 0 Å². The zero-order valence-corrected chi connectivity index (χ0v) is 11.7. The molecule has 2 N–H and O–H groups in total. The van der Waals surface area contributed by atoms with Gasteiger partial charge >= 0.3 is 5.97 Å². The molecular weight excluding hydrogens is 250 g/mol. The molecule has 19 heavy (non-hydrogen) atoms. The molecule has 110 valence electrons. The maximum Gasteiger partial charge on any atom is 0.326 e. The van der Waals surface area contributed by atoms with E-state index in [1.54, 1.807) is 20.8 Å². The second-order valence-corrected chi connectivity index (χ2v) is 5.18. The van der Waals surface area contributed by atoms with Crippen LogP contribution < -0.4 is 5.32 Å². The summed E-state index contributed by atoms with van der Waals surface area (Å²) < 4.78 is 10.8. The Bertz CT molecular complexity index is 312. The molecule has 3 atom stereocenters. The number of carboxylic acids is 1. The van der Waals surface area contributed by atoms with Gasteiger partial charge in [0.1, 0.15) is 12.1 Å². The van der Waals surface area contributed by atoms with Gasteiger partial charge in [-0.3, -0.25) is 4.79 Å². The molecule has 0 aromatic rings. The maximum atomic E-state index is 11.8. The first-order valence-corrected chi connectivity index (χ1v) is 6.68. The van der Waals surface area contributed by atoms with Crippen LogP contribution in [-0.2, 0) is 19.1 Å². The van der Waals surface area contributed by atoms with E-state index in [1.807, 2.05) is 0 Å². The lowest BCUT2D eigenvalue weighted by atomic mass is 10.0. The highest BCUT2D eigenvalue weighted by Crippen LogP contribution is 2.13. The van der Waals surface area contributed by atoms with Crippen LogP contribution in [0.5, 0.6) is 0 Å². The minimum Gasteiger partial charge on any atom is -0.480 e. The Morgan fingerprint density at radius 2 is 2.11 bits per heavy atom. The summed E-state index contributed by atoms with van der Waals surface area (Å²) in [5.74, 6) is -1.61. The molecule has 6 nitrogen and oxygen atoms in total. The average Bonchev–Trinajstić information content (AvgIpc) is 2.84.